The molecule has 4 N–H and O–H groups in total. The van der Waals surface area contributed by atoms with Crippen molar-refractivity contribution in [3.05, 3.63) is 35.9 Å². The Morgan fingerprint density at radius 2 is 1.96 bits per heavy atom. The number of rotatable bonds is 11. The first-order chi connectivity index (χ1) is 13.0. The zero-order valence-corrected chi connectivity index (χ0v) is 16.3. The monoisotopic (exact) mass is 375 g/mol. The number of nitrogens with zero attached hydrogens (tertiary/aromatic N) is 1. The Morgan fingerprint density at radius 3 is 2.56 bits per heavy atom. The molecule has 0 spiro atoms. The summed E-state index contributed by atoms with van der Waals surface area (Å²) < 4.78 is 0. The number of amides is 1. The van der Waals surface area contributed by atoms with Crippen LogP contribution in [0.25, 0.3) is 0 Å². The smallest absolute Gasteiger partial charge is 0.320 e. The number of aryl methyl sites for hydroxylation is 1. The SMILES string of the molecule is C[C@@H]1CCCN1C(=O)[C@H](CCCCN)N[C@@H](CCc1ccccc1)C(=O)O. The van der Waals surface area contributed by atoms with E-state index in [4.69, 9.17) is 5.73 Å². The molecule has 6 heteroatoms. The Morgan fingerprint density at radius 1 is 1.22 bits per heavy atom. The van der Waals surface area contributed by atoms with Crippen molar-refractivity contribution in [1.82, 2.24) is 10.2 Å². The van der Waals surface area contributed by atoms with Gasteiger partial charge in [-0.05, 0) is 57.6 Å². The van der Waals surface area contributed by atoms with Crippen molar-refractivity contribution in [1.29, 1.82) is 0 Å². The van der Waals surface area contributed by atoms with Gasteiger partial charge in [-0.2, -0.15) is 0 Å². The summed E-state index contributed by atoms with van der Waals surface area (Å²) in [5.74, 6) is -0.875. The zero-order valence-electron chi connectivity index (χ0n) is 16.3. The number of carbonyl (C=O) groups is 2. The molecule has 0 radical (unpaired) electrons. The van der Waals surface area contributed by atoms with Gasteiger partial charge in [-0.1, -0.05) is 36.8 Å². The number of aliphatic carboxylic acids is 1. The van der Waals surface area contributed by atoms with Crippen LogP contribution >= 0.6 is 0 Å². The third-order valence-electron chi connectivity index (χ3n) is 5.35. The Kier molecular flexibility index (Phi) is 8.75. The van der Waals surface area contributed by atoms with E-state index in [-0.39, 0.29) is 11.9 Å². The maximum Gasteiger partial charge on any atom is 0.320 e. The maximum atomic E-state index is 13.0. The molecule has 1 amide bonds. The molecule has 1 aromatic rings. The van der Waals surface area contributed by atoms with E-state index >= 15 is 0 Å². The molecule has 1 aliphatic rings. The zero-order chi connectivity index (χ0) is 19.6. The summed E-state index contributed by atoms with van der Waals surface area (Å²) in [5.41, 5.74) is 6.69. The number of hydrogen-bond acceptors (Lipinski definition) is 4. The fourth-order valence-corrected chi connectivity index (χ4v) is 3.71. The van der Waals surface area contributed by atoms with E-state index in [2.05, 4.69) is 12.2 Å². The number of nitrogens with one attached hydrogen (secondary N) is 1. The highest BCUT2D eigenvalue weighted by Gasteiger charge is 2.32. The number of benzene rings is 1. The highest BCUT2D eigenvalue weighted by Crippen LogP contribution is 2.19. The molecule has 150 valence electrons. The van der Waals surface area contributed by atoms with Crippen LogP contribution in [0.1, 0.15) is 51.0 Å². The van der Waals surface area contributed by atoms with Gasteiger partial charge in [-0.25, -0.2) is 0 Å². The summed E-state index contributed by atoms with van der Waals surface area (Å²) in [4.78, 5) is 26.7. The second kappa shape index (κ2) is 11.0. The number of carboxylic acid groups (broad SMARTS) is 1. The van der Waals surface area contributed by atoms with Crippen LogP contribution in [0.5, 0.6) is 0 Å². The Balaban J connectivity index is 2.02. The lowest BCUT2D eigenvalue weighted by Crippen LogP contribution is -2.52. The van der Waals surface area contributed by atoms with Gasteiger partial charge < -0.3 is 15.7 Å². The topological polar surface area (TPSA) is 95.7 Å². The van der Waals surface area contributed by atoms with Gasteiger partial charge in [-0.15, -0.1) is 0 Å². The lowest BCUT2D eigenvalue weighted by Gasteiger charge is -2.29. The molecule has 6 nitrogen and oxygen atoms in total. The molecule has 27 heavy (non-hydrogen) atoms. The van der Waals surface area contributed by atoms with E-state index in [1.165, 1.54) is 0 Å². The average Bonchev–Trinajstić information content (AvgIpc) is 3.09. The van der Waals surface area contributed by atoms with Crippen LogP contribution in [0.3, 0.4) is 0 Å². The molecule has 0 aliphatic carbocycles. The van der Waals surface area contributed by atoms with Gasteiger partial charge in [-0.3, -0.25) is 14.9 Å². The minimum atomic E-state index is -0.906. The lowest BCUT2D eigenvalue weighted by atomic mass is 10.0. The molecule has 1 heterocycles. The first-order valence-corrected chi connectivity index (χ1v) is 10.1. The van der Waals surface area contributed by atoms with Gasteiger partial charge >= 0.3 is 5.97 Å². The van der Waals surface area contributed by atoms with E-state index in [0.29, 0.717) is 25.8 Å². The lowest BCUT2D eigenvalue weighted by molar-refractivity contribution is -0.141. The summed E-state index contributed by atoms with van der Waals surface area (Å²) in [7, 11) is 0. The molecular formula is C21H33N3O3. The van der Waals surface area contributed by atoms with Crippen molar-refractivity contribution in [2.75, 3.05) is 13.1 Å². The quantitative estimate of drug-likeness (QED) is 0.515. The van der Waals surface area contributed by atoms with Gasteiger partial charge in [0.25, 0.3) is 0 Å². The first-order valence-electron chi connectivity index (χ1n) is 10.1. The number of carbonyl (C=O) groups excluding carboxylic acids is 1. The van der Waals surface area contributed by atoms with Crippen LogP contribution in [0, 0.1) is 0 Å². The minimum Gasteiger partial charge on any atom is -0.480 e. The highest BCUT2D eigenvalue weighted by molar-refractivity contribution is 5.83. The Bertz CT molecular complexity index is 594. The van der Waals surface area contributed by atoms with Crippen LogP contribution in [0.2, 0.25) is 0 Å². The van der Waals surface area contributed by atoms with Crippen molar-refractivity contribution >= 4 is 11.9 Å². The van der Waals surface area contributed by atoms with Gasteiger partial charge in [0.2, 0.25) is 5.91 Å². The van der Waals surface area contributed by atoms with Crippen LogP contribution in [0.4, 0.5) is 0 Å². The molecule has 1 aliphatic heterocycles. The Labute approximate surface area is 162 Å². The van der Waals surface area contributed by atoms with E-state index in [9.17, 15) is 14.7 Å². The van der Waals surface area contributed by atoms with Crippen LogP contribution in [-0.2, 0) is 16.0 Å². The number of likely N-dealkylation sites (tertiary alicyclic amines) is 1. The number of carboxylic acids is 1. The molecule has 1 fully saturated rings. The molecule has 1 saturated heterocycles. The summed E-state index contributed by atoms with van der Waals surface area (Å²) in [6, 6.07) is 8.86. The second-order valence-corrected chi connectivity index (χ2v) is 7.44. The molecule has 0 unspecified atom stereocenters. The summed E-state index contributed by atoms with van der Waals surface area (Å²) in [6.07, 6.45) is 5.41. The van der Waals surface area contributed by atoms with Gasteiger partial charge in [0, 0.05) is 12.6 Å². The third kappa shape index (κ3) is 6.63. The van der Waals surface area contributed by atoms with Crippen molar-refractivity contribution in [3.8, 4) is 0 Å². The van der Waals surface area contributed by atoms with E-state index in [1.807, 2.05) is 35.2 Å². The number of hydrogen-bond donors (Lipinski definition) is 3. The summed E-state index contributed by atoms with van der Waals surface area (Å²) >= 11 is 0. The molecule has 0 aromatic heterocycles. The maximum absolute atomic E-state index is 13.0. The predicted molar refractivity (Wildman–Crippen MR) is 106 cm³/mol. The number of unbranched alkanes of at least 4 members (excludes halogenated alkanes) is 1. The van der Waals surface area contributed by atoms with Gasteiger partial charge in [0.05, 0.1) is 6.04 Å². The molecule has 1 aromatic carbocycles. The Hall–Kier alpha value is -1.92. The fourth-order valence-electron chi connectivity index (χ4n) is 3.71. The third-order valence-corrected chi connectivity index (χ3v) is 5.35. The van der Waals surface area contributed by atoms with Crippen molar-refractivity contribution in [2.24, 2.45) is 5.73 Å². The predicted octanol–water partition coefficient (Wildman–Crippen LogP) is 2.17. The molecule has 2 rings (SSSR count). The van der Waals surface area contributed by atoms with Crippen molar-refractivity contribution < 1.29 is 14.7 Å². The van der Waals surface area contributed by atoms with Gasteiger partial charge in [0.15, 0.2) is 0 Å². The van der Waals surface area contributed by atoms with E-state index < -0.39 is 18.1 Å². The molecule has 3 atom stereocenters. The van der Waals surface area contributed by atoms with Crippen molar-refractivity contribution in [3.63, 3.8) is 0 Å². The molecule has 0 saturated carbocycles. The summed E-state index contributed by atoms with van der Waals surface area (Å²) in [6.45, 7) is 3.40. The van der Waals surface area contributed by atoms with Gasteiger partial charge in [0.1, 0.15) is 6.04 Å². The van der Waals surface area contributed by atoms with Crippen LogP contribution in [0.15, 0.2) is 30.3 Å². The van der Waals surface area contributed by atoms with E-state index in [0.717, 1.165) is 37.8 Å². The summed E-state index contributed by atoms with van der Waals surface area (Å²) in [5, 5.41) is 12.8. The molecule has 0 bridgehead atoms. The average molecular weight is 376 g/mol. The minimum absolute atomic E-state index is 0.0305. The van der Waals surface area contributed by atoms with Crippen molar-refractivity contribution in [2.45, 2.75) is 70.0 Å². The van der Waals surface area contributed by atoms with Crippen LogP contribution in [-0.4, -0.2) is 53.1 Å². The van der Waals surface area contributed by atoms with Crippen LogP contribution < -0.4 is 11.1 Å². The largest absolute Gasteiger partial charge is 0.480 e. The normalized spacial score (nSPS) is 19.0. The van der Waals surface area contributed by atoms with E-state index in [1.54, 1.807) is 0 Å². The number of nitrogens with two attached hydrogens (primary N) is 1. The highest BCUT2D eigenvalue weighted by atomic mass is 16.4. The standard InChI is InChI=1S/C21H33N3O3/c1-16-8-7-15-24(16)20(25)18(11-5-6-14-22)23-19(21(26)27)13-12-17-9-3-2-4-10-17/h2-4,9-10,16,18-19,23H,5-8,11-15,22H2,1H3,(H,26,27)/t16-,18+,19+/m1/s1. The second-order valence-electron chi connectivity index (χ2n) is 7.44. The molecular weight excluding hydrogens is 342 g/mol. The fraction of sp³-hybridized carbons (Fsp3) is 0.619. The first kappa shape index (κ1) is 21.4.